The van der Waals surface area contributed by atoms with E-state index in [-0.39, 0.29) is 36.2 Å². The van der Waals surface area contributed by atoms with Gasteiger partial charge in [-0.2, -0.15) is 0 Å². The summed E-state index contributed by atoms with van der Waals surface area (Å²) in [5.41, 5.74) is 3.11. The summed E-state index contributed by atoms with van der Waals surface area (Å²) in [6, 6.07) is 14.2. The highest BCUT2D eigenvalue weighted by Crippen LogP contribution is 2.12. The number of nitro groups is 1. The number of hydrogen-bond acceptors (Lipinski definition) is 5. The van der Waals surface area contributed by atoms with E-state index in [1.807, 2.05) is 31.2 Å². The third-order valence-electron chi connectivity index (χ3n) is 4.06. The van der Waals surface area contributed by atoms with Crippen molar-refractivity contribution in [3.05, 3.63) is 75.3 Å². The molecule has 0 aliphatic rings. The van der Waals surface area contributed by atoms with Gasteiger partial charge in [0.05, 0.1) is 17.7 Å². The van der Waals surface area contributed by atoms with Crippen LogP contribution in [0.2, 0.25) is 0 Å². The molecule has 0 heterocycles. The lowest BCUT2D eigenvalue weighted by molar-refractivity contribution is -0.384. The summed E-state index contributed by atoms with van der Waals surface area (Å²) in [7, 11) is -3.25. The number of non-ortho nitro benzene ring substituents is 1. The molecule has 2 aromatic rings. The second kappa shape index (κ2) is 12.4. The Hall–Kier alpha value is -2.25. The summed E-state index contributed by atoms with van der Waals surface area (Å²) >= 11 is 0. The number of sulfonamides is 1. The third kappa shape index (κ3) is 9.50. The largest absolute Gasteiger partial charge is 0.355 e. The van der Waals surface area contributed by atoms with Crippen molar-refractivity contribution in [2.24, 2.45) is 4.99 Å². The van der Waals surface area contributed by atoms with Crippen molar-refractivity contribution < 1.29 is 13.3 Å². The van der Waals surface area contributed by atoms with E-state index < -0.39 is 14.9 Å². The number of nitrogens with zero attached hydrogens (tertiary/aromatic N) is 2. The van der Waals surface area contributed by atoms with Gasteiger partial charge in [-0.05, 0) is 23.6 Å². The number of nitrogens with one attached hydrogen (secondary N) is 3. The van der Waals surface area contributed by atoms with E-state index in [0.29, 0.717) is 25.6 Å². The molecule has 0 spiro atoms. The first-order valence-electron chi connectivity index (χ1n) is 8.99. The first kappa shape index (κ1) is 25.8. The van der Waals surface area contributed by atoms with Crippen molar-refractivity contribution in [3.63, 3.8) is 0 Å². The average molecular weight is 547 g/mol. The molecule has 0 aliphatic heterocycles. The maximum Gasteiger partial charge on any atom is 0.269 e. The van der Waals surface area contributed by atoms with E-state index in [1.165, 1.54) is 12.1 Å². The van der Waals surface area contributed by atoms with Crippen LogP contribution in [0.1, 0.15) is 16.7 Å². The van der Waals surface area contributed by atoms with Crippen molar-refractivity contribution in [1.82, 2.24) is 15.4 Å². The van der Waals surface area contributed by atoms with Gasteiger partial charge < -0.3 is 10.6 Å². The number of aryl methyl sites for hydroxylation is 1. The molecule has 0 bridgehead atoms. The Morgan fingerprint density at radius 1 is 1.07 bits per heavy atom. The van der Waals surface area contributed by atoms with E-state index in [0.717, 1.165) is 22.9 Å². The van der Waals surface area contributed by atoms with Crippen molar-refractivity contribution in [1.29, 1.82) is 0 Å². The minimum Gasteiger partial charge on any atom is -0.355 e. The van der Waals surface area contributed by atoms with Crippen LogP contribution < -0.4 is 15.4 Å². The van der Waals surface area contributed by atoms with E-state index in [9.17, 15) is 18.5 Å². The molecule has 2 rings (SSSR count). The van der Waals surface area contributed by atoms with E-state index in [2.05, 4.69) is 20.3 Å². The molecule has 0 saturated carbocycles. The average Bonchev–Trinajstić information content (AvgIpc) is 2.67. The summed E-state index contributed by atoms with van der Waals surface area (Å²) in [6.07, 6.45) is 1.10. The van der Waals surface area contributed by atoms with Crippen LogP contribution in [0.25, 0.3) is 0 Å². The van der Waals surface area contributed by atoms with Crippen LogP contribution in [0.15, 0.2) is 53.5 Å². The van der Waals surface area contributed by atoms with Crippen molar-refractivity contribution >= 4 is 45.6 Å². The van der Waals surface area contributed by atoms with Crippen LogP contribution in [0.4, 0.5) is 5.69 Å². The molecule has 0 amide bonds. The Labute approximate surface area is 193 Å². The SMILES string of the molecule is Cc1ccccc1CNC(=NCc1ccc([N+](=O)[O-])cc1)NCCNS(C)(=O)=O.I. The number of nitro benzene ring substituents is 1. The molecule has 0 saturated heterocycles. The van der Waals surface area contributed by atoms with Crippen LogP contribution in [0.5, 0.6) is 0 Å². The maximum atomic E-state index is 11.2. The van der Waals surface area contributed by atoms with E-state index >= 15 is 0 Å². The van der Waals surface area contributed by atoms with Gasteiger partial charge in [-0.1, -0.05) is 36.4 Å². The third-order valence-corrected chi connectivity index (χ3v) is 4.78. The molecule has 0 aliphatic carbocycles. The zero-order valence-corrected chi connectivity index (χ0v) is 19.9. The molecule has 0 fully saturated rings. The van der Waals surface area contributed by atoms with Gasteiger partial charge in [0.1, 0.15) is 0 Å². The van der Waals surface area contributed by atoms with Crippen LogP contribution in [-0.2, 0) is 23.1 Å². The number of guanidine groups is 1. The molecule has 2 aromatic carbocycles. The fourth-order valence-corrected chi connectivity index (χ4v) is 2.95. The quantitative estimate of drug-likeness (QED) is 0.111. The smallest absolute Gasteiger partial charge is 0.269 e. The molecule has 9 nitrogen and oxygen atoms in total. The molecule has 3 N–H and O–H groups in total. The van der Waals surface area contributed by atoms with Gasteiger partial charge in [-0.15, -0.1) is 24.0 Å². The summed E-state index contributed by atoms with van der Waals surface area (Å²) in [6.45, 7) is 3.47. The minimum absolute atomic E-state index is 0. The fraction of sp³-hybridized carbons (Fsp3) is 0.316. The summed E-state index contributed by atoms with van der Waals surface area (Å²) in [4.78, 5) is 14.8. The highest BCUT2D eigenvalue weighted by molar-refractivity contribution is 14.0. The molecule has 0 unspecified atom stereocenters. The molecule has 164 valence electrons. The fourth-order valence-electron chi connectivity index (χ4n) is 2.47. The Balaban J connectivity index is 0.00000450. The number of halogens is 1. The number of benzene rings is 2. The second-order valence-electron chi connectivity index (χ2n) is 6.46. The van der Waals surface area contributed by atoms with Crippen molar-refractivity contribution in [3.8, 4) is 0 Å². The molecule has 30 heavy (non-hydrogen) atoms. The Morgan fingerprint density at radius 3 is 2.33 bits per heavy atom. The van der Waals surface area contributed by atoms with Gasteiger partial charge in [0.15, 0.2) is 5.96 Å². The first-order valence-corrected chi connectivity index (χ1v) is 10.9. The van der Waals surface area contributed by atoms with E-state index in [4.69, 9.17) is 0 Å². The Bertz CT molecular complexity index is 965. The molecule has 0 radical (unpaired) electrons. The summed E-state index contributed by atoms with van der Waals surface area (Å²) in [5.74, 6) is 0.516. The van der Waals surface area contributed by atoms with Gasteiger partial charge in [0, 0.05) is 31.8 Å². The van der Waals surface area contributed by atoms with Crippen LogP contribution in [0, 0.1) is 17.0 Å². The van der Waals surface area contributed by atoms with Gasteiger partial charge in [-0.3, -0.25) is 10.1 Å². The van der Waals surface area contributed by atoms with Gasteiger partial charge in [0.2, 0.25) is 10.0 Å². The number of hydrogen-bond donors (Lipinski definition) is 3. The van der Waals surface area contributed by atoms with Crippen LogP contribution in [-0.4, -0.2) is 38.6 Å². The zero-order chi connectivity index (χ0) is 21.3. The number of rotatable bonds is 9. The maximum absolute atomic E-state index is 11.2. The molecular weight excluding hydrogens is 521 g/mol. The van der Waals surface area contributed by atoms with E-state index in [1.54, 1.807) is 12.1 Å². The van der Waals surface area contributed by atoms with Crippen molar-refractivity contribution in [2.75, 3.05) is 19.3 Å². The topological polar surface area (TPSA) is 126 Å². The normalized spacial score (nSPS) is 11.5. The summed E-state index contributed by atoms with van der Waals surface area (Å²) in [5, 5.41) is 17.1. The van der Waals surface area contributed by atoms with Gasteiger partial charge in [0.25, 0.3) is 5.69 Å². The summed E-state index contributed by atoms with van der Waals surface area (Å²) < 4.78 is 24.8. The highest BCUT2D eigenvalue weighted by atomic mass is 127. The second-order valence-corrected chi connectivity index (χ2v) is 8.29. The number of aliphatic imine (C=N–C) groups is 1. The Kier molecular flexibility index (Phi) is 10.7. The van der Waals surface area contributed by atoms with Gasteiger partial charge in [-0.25, -0.2) is 18.1 Å². The highest BCUT2D eigenvalue weighted by Gasteiger charge is 2.05. The predicted molar refractivity (Wildman–Crippen MR) is 129 cm³/mol. The Morgan fingerprint density at radius 2 is 1.73 bits per heavy atom. The molecule has 0 aromatic heterocycles. The first-order chi connectivity index (χ1) is 13.7. The van der Waals surface area contributed by atoms with Crippen molar-refractivity contribution in [2.45, 2.75) is 20.0 Å². The standard InChI is InChI=1S/C19H25N5O4S.HI/c1-15-5-3-4-6-17(15)14-22-19(20-11-12-23-29(2,27)28)21-13-16-7-9-18(10-8-16)24(25)26;/h3-10,23H,11-14H2,1-2H3,(H2,20,21,22);1H. The van der Waals surface area contributed by atoms with Crippen LogP contribution >= 0.6 is 24.0 Å². The lowest BCUT2D eigenvalue weighted by atomic mass is 10.1. The molecular formula is C19H26IN5O4S. The lowest BCUT2D eigenvalue weighted by Gasteiger charge is -2.14. The monoisotopic (exact) mass is 547 g/mol. The minimum atomic E-state index is -3.25. The van der Waals surface area contributed by atoms with Crippen LogP contribution in [0.3, 0.4) is 0 Å². The predicted octanol–water partition coefficient (Wildman–Crippen LogP) is 2.31. The van der Waals surface area contributed by atoms with Gasteiger partial charge >= 0.3 is 0 Å². The zero-order valence-electron chi connectivity index (χ0n) is 16.8. The molecule has 0 atom stereocenters. The molecule has 11 heteroatoms. The lowest BCUT2D eigenvalue weighted by Crippen LogP contribution is -2.41.